The number of aromatic nitrogens is 2. The van der Waals surface area contributed by atoms with Crippen molar-refractivity contribution in [3.63, 3.8) is 0 Å². The molecule has 4 nitrogen and oxygen atoms in total. The first kappa shape index (κ1) is 19.4. The van der Waals surface area contributed by atoms with E-state index < -0.39 is 0 Å². The minimum absolute atomic E-state index is 0.487. The second-order valence-electron chi connectivity index (χ2n) is 7.57. The zero-order valence-electron chi connectivity index (χ0n) is 16.2. The van der Waals surface area contributed by atoms with Gasteiger partial charge in [-0.1, -0.05) is 19.8 Å². The summed E-state index contributed by atoms with van der Waals surface area (Å²) < 4.78 is 5.91. The van der Waals surface area contributed by atoms with Gasteiger partial charge in [-0.25, -0.2) is 9.97 Å². The van der Waals surface area contributed by atoms with Gasteiger partial charge in [0.05, 0.1) is 18.2 Å². The number of benzene rings is 1. The van der Waals surface area contributed by atoms with E-state index >= 15 is 0 Å². The first-order chi connectivity index (χ1) is 13.3. The van der Waals surface area contributed by atoms with Crippen molar-refractivity contribution in [3.8, 4) is 11.8 Å². The van der Waals surface area contributed by atoms with Crippen LogP contribution >= 0.6 is 0 Å². The van der Waals surface area contributed by atoms with Gasteiger partial charge >= 0.3 is 0 Å². The van der Waals surface area contributed by atoms with Gasteiger partial charge in [0.1, 0.15) is 11.6 Å². The summed E-state index contributed by atoms with van der Waals surface area (Å²) in [4.78, 5) is 9.29. The van der Waals surface area contributed by atoms with Crippen LogP contribution in [0.2, 0.25) is 0 Å². The molecular weight excluding hydrogens is 334 g/mol. The lowest BCUT2D eigenvalue weighted by Crippen LogP contribution is -2.20. The van der Waals surface area contributed by atoms with E-state index in [9.17, 15) is 0 Å². The van der Waals surface area contributed by atoms with Crippen molar-refractivity contribution in [1.29, 1.82) is 5.26 Å². The smallest absolute Gasteiger partial charge is 0.131 e. The number of nitrogens with zero attached hydrogens (tertiary/aromatic N) is 3. The molecule has 0 spiro atoms. The van der Waals surface area contributed by atoms with Crippen LogP contribution in [0.1, 0.15) is 74.7 Å². The van der Waals surface area contributed by atoms with E-state index in [4.69, 9.17) is 10.00 Å². The topological polar surface area (TPSA) is 58.8 Å². The molecule has 1 heterocycles. The monoisotopic (exact) mass is 363 g/mol. The fourth-order valence-corrected chi connectivity index (χ4v) is 3.71. The highest BCUT2D eigenvalue weighted by atomic mass is 16.5. The van der Waals surface area contributed by atoms with Crippen molar-refractivity contribution < 1.29 is 4.74 Å². The summed E-state index contributed by atoms with van der Waals surface area (Å²) in [5.41, 5.74) is 1.93. The van der Waals surface area contributed by atoms with E-state index in [-0.39, 0.29) is 0 Å². The Hall–Kier alpha value is -2.41. The number of rotatable bonds is 8. The molecule has 1 aromatic heterocycles. The van der Waals surface area contributed by atoms with Crippen LogP contribution in [-0.2, 0) is 6.42 Å². The second-order valence-corrected chi connectivity index (χ2v) is 7.57. The Morgan fingerprint density at radius 2 is 1.74 bits per heavy atom. The molecule has 0 N–H and O–H groups in total. The number of unbranched alkanes of at least 4 members (excludes halogenated alkanes) is 2. The fraction of sp³-hybridized carbons (Fsp3) is 0.522. The van der Waals surface area contributed by atoms with Gasteiger partial charge in [0, 0.05) is 18.3 Å². The Balaban J connectivity index is 1.42. The van der Waals surface area contributed by atoms with Gasteiger partial charge in [0.2, 0.25) is 0 Å². The molecular formula is C23H29N3O. The molecule has 0 amide bonds. The standard InChI is InChI=1S/C23H29N3O/c1-2-3-4-5-20-15-25-23(26-16-20)21-10-6-19(7-11-21)17-27-22-12-8-18(14-24)9-13-22/h8-9,12-13,15-16,19,21H,2-7,10-11,17H2,1H3. The molecule has 3 rings (SSSR count). The maximum atomic E-state index is 8.84. The van der Waals surface area contributed by atoms with Crippen molar-refractivity contribution in [1.82, 2.24) is 9.97 Å². The lowest BCUT2D eigenvalue weighted by Gasteiger charge is -2.27. The summed E-state index contributed by atoms with van der Waals surface area (Å²) in [5.74, 6) is 2.94. The van der Waals surface area contributed by atoms with Crippen molar-refractivity contribution >= 4 is 0 Å². The Labute approximate surface area is 162 Å². The summed E-state index contributed by atoms with van der Waals surface area (Å²) >= 11 is 0. The summed E-state index contributed by atoms with van der Waals surface area (Å²) in [5, 5.41) is 8.84. The molecule has 0 atom stereocenters. The maximum Gasteiger partial charge on any atom is 0.131 e. The summed E-state index contributed by atoms with van der Waals surface area (Å²) in [6.07, 6.45) is 13.5. The highest BCUT2D eigenvalue weighted by Crippen LogP contribution is 2.34. The highest BCUT2D eigenvalue weighted by Gasteiger charge is 2.24. The summed E-state index contributed by atoms with van der Waals surface area (Å²) in [6.45, 7) is 2.97. The molecule has 4 heteroatoms. The van der Waals surface area contributed by atoms with Gasteiger partial charge in [-0.05, 0) is 74.3 Å². The first-order valence-corrected chi connectivity index (χ1v) is 10.2. The summed E-state index contributed by atoms with van der Waals surface area (Å²) in [6, 6.07) is 9.48. The predicted molar refractivity (Wildman–Crippen MR) is 107 cm³/mol. The molecule has 142 valence electrons. The zero-order chi connectivity index (χ0) is 18.9. The van der Waals surface area contributed by atoms with Gasteiger partial charge in [-0.2, -0.15) is 5.26 Å². The number of aryl methyl sites for hydroxylation is 1. The van der Waals surface area contributed by atoms with E-state index in [1.807, 2.05) is 24.5 Å². The van der Waals surface area contributed by atoms with Crippen molar-refractivity contribution in [2.75, 3.05) is 6.61 Å². The Morgan fingerprint density at radius 1 is 1.04 bits per heavy atom. The van der Waals surface area contributed by atoms with Crippen LogP contribution in [0.25, 0.3) is 0 Å². The predicted octanol–water partition coefficient (Wildman–Crippen LogP) is 5.43. The molecule has 2 aromatic rings. The van der Waals surface area contributed by atoms with Crippen LogP contribution in [0.15, 0.2) is 36.7 Å². The van der Waals surface area contributed by atoms with Crippen molar-refractivity contribution in [2.24, 2.45) is 5.92 Å². The number of ether oxygens (including phenoxy) is 1. The van der Waals surface area contributed by atoms with Gasteiger partial charge < -0.3 is 4.74 Å². The van der Waals surface area contributed by atoms with Crippen LogP contribution in [0.5, 0.6) is 5.75 Å². The van der Waals surface area contributed by atoms with E-state index in [0.29, 0.717) is 17.4 Å². The lowest BCUT2D eigenvalue weighted by molar-refractivity contribution is 0.198. The largest absolute Gasteiger partial charge is 0.493 e. The number of hydrogen-bond acceptors (Lipinski definition) is 4. The molecule has 0 saturated heterocycles. The minimum Gasteiger partial charge on any atom is -0.493 e. The van der Waals surface area contributed by atoms with Crippen LogP contribution < -0.4 is 4.74 Å². The highest BCUT2D eigenvalue weighted by molar-refractivity contribution is 5.34. The average molecular weight is 364 g/mol. The Bertz CT molecular complexity index is 726. The van der Waals surface area contributed by atoms with E-state index in [2.05, 4.69) is 23.0 Å². The van der Waals surface area contributed by atoms with Crippen LogP contribution in [0, 0.1) is 17.2 Å². The minimum atomic E-state index is 0.487. The molecule has 1 aliphatic carbocycles. The third-order valence-corrected chi connectivity index (χ3v) is 5.48. The lowest BCUT2D eigenvalue weighted by atomic mass is 9.82. The summed E-state index contributed by atoms with van der Waals surface area (Å²) in [7, 11) is 0. The van der Waals surface area contributed by atoms with Crippen molar-refractivity contribution in [3.05, 3.63) is 53.6 Å². The quantitative estimate of drug-likeness (QED) is 0.586. The number of hydrogen-bond donors (Lipinski definition) is 0. The van der Waals surface area contributed by atoms with Gasteiger partial charge in [-0.15, -0.1) is 0 Å². The van der Waals surface area contributed by atoms with Crippen LogP contribution in [0.3, 0.4) is 0 Å². The Kier molecular flexibility index (Phi) is 7.21. The molecule has 1 aromatic carbocycles. The molecule has 0 aliphatic heterocycles. The zero-order valence-corrected chi connectivity index (χ0v) is 16.2. The average Bonchev–Trinajstić information content (AvgIpc) is 2.74. The molecule has 0 unspecified atom stereocenters. The molecule has 27 heavy (non-hydrogen) atoms. The second kappa shape index (κ2) is 10.1. The fourth-order valence-electron chi connectivity index (χ4n) is 3.71. The molecule has 0 radical (unpaired) electrons. The number of nitriles is 1. The molecule has 1 fully saturated rings. The van der Waals surface area contributed by atoms with Crippen LogP contribution in [-0.4, -0.2) is 16.6 Å². The third-order valence-electron chi connectivity index (χ3n) is 5.48. The van der Waals surface area contributed by atoms with Gasteiger partial charge in [0.15, 0.2) is 0 Å². The first-order valence-electron chi connectivity index (χ1n) is 10.2. The molecule has 1 saturated carbocycles. The third kappa shape index (κ3) is 5.79. The van der Waals surface area contributed by atoms with E-state index in [1.54, 1.807) is 12.1 Å². The van der Waals surface area contributed by atoms with Gasteiger partial charge in [0.25, 0.3) is 0 Å². The van der Waals surface area contributed by atoms with E-state index in [0.717, 1.165) is 50.3 Å². The molecule has 1 aliphatic rings. The van der Waals surface area contributed by atoms with Gasteiger partial charge in [-0.3, -0.25) is 0 Å². The normalized spacial score (nSPS) is 19.4. The van der Waals surface area contributed by atoms with Crippen molar-refractivity contribution in [2.45, 2.75) is 64.2 Å². The van der Waals surface area contributed by atoms with Crippen LogP contribution in [0.4, 0.5) is 0 Å². The van der Waals surface area contributed by atoms with E-state index in [1.165, 1.54) is 24.8 Å². The SMILES string of the molecule is CCCCCc1cnc(C2CCC(COc3ccc(C#N)cc3)CC2)nc1. The maximum absolute atomic E-state index is 8.84. The molecule has 0 bridgehead atoms. The Morgan fingerprint density at radius 3 is 2.37 bits per heavy atom.